The summed E-state index contributed by atoms with van der Waals surface area (Å²) in [5.41, 5.74) is 1.23. The normalized spacial score (nSPS) is 11.6. The van der Waals surface area contributed by atoms with E-state index in [2.05, 4.69) is 20.6 Å². The lowest BCUT2D eigenvalue weighted by Crippen LogP contribution is -2.20. The zero-order valence-corrected chi connectivity index (χ0v) is 17.8. The summed E-state index contributed by atoms with van der Waals surface area (Å²) in [7, 11) is 0. The maximum absolute atomic E-state index is 13.5. The molecule has 0 aliphatic rings. The Labute approximate surface area is 190 Å². The molecule has 0 bridgehead atoms. The standard InChI is InChI=1S/C22H16ClF4N5O/c1-12-29-18-6-7-28-20(23)19(18)32(12)11-13-2-4-16(5-3-13)30-21(33)31-17-9-14(22(25,26)27)8-15(24)10-17/h2-10H,11H2,1H3,(H2,30,31,33). The number of benzene rings is 2. The minimum atomic E-state index is -4.73. The zero-order chi connectivity index (χ0) is 23.8. The molecule has 4 aromatic rings. The van der Waals surface area contributed by atoms with Gasteiger partial charge >= 0.3 is 12.2 Å². The summed E-state index contributed by atoms with van der Waals surface area (Å²) in [4.78, 5) is 20.7. The van der Waals surface area contributed by atoms with Gasteiger partial charge in [0.15, 0.2) is 5.15 Å². The summed E-state index contributed by atoms with van der Waals surface area (Å²) in [5.74, 6) is -0.350. The van der Waals surface area contributed by atoms with E-state index in [-0.39, 0.29) is 5.69 Å². The van der Waals surface area contributed by atoms with Gasteiger partial charge in [0.25, 0.3) is 0 Å². The van der Waals surface area contributed by atoms with Crippen molar-refractivity contribution in [2.75, 3.05) is 10.6 Å². The second kappa shape index (κ2) is 8.70. The van der Waals surface area contributed by atoms with Gasteiger partial charge in [-0.05, 0) is 48.9 Å². The van der Waals surface area contributed by atoms with Gasteiger partial charge in [0, 0.05) is 24.1 Å². The van der Waals surface area contributed by atoms with Crippen LogP contribution in [0.25, 0.3) is 11.0 Å². The number of aryl methyl sites for hydroxylation is 1. The van der Waals surface area contributed by atoms with Gasteiger partial charge in [-0.2, -0.15) is 13.2 Å². The van der Waals surface area contributed by atoms with Crippen LogP contribution in [0.1, 0.15) is 17.0 Å². The first kappa shape index (κ1) is 22.5. The molecule has 0 saturated heterocycles. The highest BCUT2D eigenvalue weighted by Crippen LogP contribution is 2.31. The van der Waals surface area contributed by atoms with Gasteiger partial charge in [-0.15, -0.1) is 0 Å². The van der Waals surface area contributed by atoms with Gasteiger partial charge < -0.3 is 15.2 Å². The van der Waals surface area contributed by atoms with Crippen molar-refractivity contribution in [3.8, 4) is 0 Å². The molecule has 0 aliphatic heterocycles. The number of anilines is 2. The number of urea groups is 1. The van der Waals surface area contributed by atoms with Crippen molar-refractivity contribution >= 4 is 40.0 Å². The van der Waals surface area contributed by atoms with E-state index in [9.17, 15) is 22.4 Å². The molecule has 4 rings (SSSR count). The van der Waals surface area contributed by atoms with Gasteiger partial charge in [0.05, 0.1) is 11.1 Å². The zero-order valence-electron chi connectivity index (χ0n) is 17.0. The number of pyridine rings is 1. The average molecular weight is 478 g/mol. The number of fused-ring (bicyclic) bond motifs is 1. The van der Waals surface area contributed by atoms with Crippen molar-refractivity contribution in [3.63, 3.8) is 0 Å². The summed E-state index contributed by atoms with van der Waals surface area (Å²) in [5, 5.41) is 5.05. The summed E-state index contributed by atoms with van der Waals surface area (Å²) in [6, 6.07) is 9.59. The summed E-state index contributed by atoms with van der Waals surface area (Å²) < 4.78 is 53.9. The lowest BCUT2D eigenvalue weighted by Gasteiger charge is -2.12. The van der Waals surface area contributed by atoms with E-state index in [4.69, 9.17) is 11.6 Å². The number of alkyl halides is 3. The Morgan fingerprint density at radius 1 is 1.06 bits per heavy atom. The van der Waals surface area contributed by atoms with Crippen LogP contribution in [0.2, 0.25) is 5.15 Å². The van der Waals surface area contributed by atoms with E-state index in [1.54, 1.807) is 36.5 Å². The fraction of sp³-hybridized carbons (Fsp3) is 0.136. The molecule has 33 heavy (non-hydrogen) atoms. The maximum atomic E-state index is 13.5. The third kappa shape index (κ3) is 5.06. The molecule has 0 fully saturated rings. The fourth-order valence-electron chi connectivity index (χ4n) is 3.34. The molecule has 2 aromatic heterocycles. The van der Waals surface area contributed by atoms with E-state index in [0.717, 1.165) is 23.0 Å². The SMILES string of the molecule is Cc1nc2ccnc(Cl)c2n1Cc1ccc(NC(=O)Nc2cc(F)cc(C(F)(F)F)c2)cc1. The third-order valence-corrected chi connectivity index (χ3v) is 5.11. The molecular weight excluding hydrogens is 462 g/mol. The van der Waals surface area contributed by atoms with Gasteiger partial charge in [0.2, 0.25) is 0 Å². The predicted molar refractivity (Wildman–Crippen MR) is 117 cm³/mol. The van der Waals surface area contributed by atoms with E-state index in [1.807, 2.05) is 11.5 Å². The summed E-state index contributed by atoms with van der Waals surface area (Å²) in [6.07, 6.45) is -3.15. The average Bonchev–Trinajstić information content (AvgIpc) is 3.04. The Bertz CT molecular complexity index is 1340. The smallest absolute Gasteiger partial charge is 0.321 e. The Hall–Kier alpha value is -3.66. The Morgan fingerprint density at radius 3 is 2.45 bits per heavy atom. The van der Waals surface area contributed by atoms with Gasteiger partial charge in [-0.3, -0.25) is 0 Å². The van der Waals surface area contributed by atoms with Crippen LogP contribution in [-0.4, -0.2) is 20.6 Å². The number of aromatic nitrogens is 3. The number of amides is 2. The molecule has 0 atom stereocenters. The highest BCUT2D eigenvalue weighted by molar-refractivity contribution is 6.33. The number of hydrogen-bond donors (Lipinski definition) is 2. The number of halogens is 5. The van der Waals surface area contributed by atoms with Crippen molar-refractivity contribution in [1.82, 2.24) is 14.5 Å². The first-order chi connectivity index (χ1) is 15.6. The van der Waals surface area contributed by atoms with Crippen molar-refractivity contribution in [1.29, 1.82) is 0 Å². The van der Waals surface area contributed by atoms with Crippen LogP contribution >= 0.6 is 11.6 Å². The molecular formula is C22H16ClF4N5O. The minimum Gasteiger partial charge on any atom is -0.321 e. The quantitative estimate of drug-likeness (QED) is 0.270. The number of hydrogen-bond acceptors (Lipinski definition) is 3. The molecule has 170 valence electrons. The number of rotatable bonds is 4. The lowest BCUT2D eigenvalue weighted by atomic mass is 10.2. The molecule has 0 radical (unpaired) electrons. The van der Waals surface area contributed by atoms with Crippen molar-refractivity contribution in [2.45, 2.75) is 19.6 Å². The topological polar surface area (TPSA) is 71.8 Å². The Kier molecular flexibility index (Phi) is 5.94. The molecule has 11 heteroatoms. The second-order valence-corrected chi connectivity index (χ2v) is 7.58. The first-order valence-electron chi connectivity index (χ1n) is 9.62. The molecule has 6 nitrogen and oxygen atoms in total. The summed E-state index contributed by atoms with van der Waals surface area (Å²) in [6.45, 7) is 2.32. The largest absolute Gasteiger partial charge is 0.416 e. The van der Waals surface area contributed by atoms with Gasteiger partial charge in [0.1, 0.15) is 17.2 Å². The number of imidazole rings is 1. The Morgan fingerprint density at radius 2 is 1.76 bits per heavy atom. The van der Waals surface area contributed by atoms with Crippen LogP contribution in [-0.2, 0) is 12.7 Å². The number of nitrogens with zero attached hydrogens (tertiary/aromatic N) is 3. The van der Waals surface area contributed by atoms with E-state index < -0.39 is 23.6 Å². The highest BCUT2D eigenvalue weighted by Gasteiger charge is 2.31. The highest BCUT2D eigenvalue weighted by atomic mass is 35.5. The van der Waals surface area contributed by atoms with Gasteiger partial charge in [-0.25, -0.2) is 19.2 Å². The first-order valence-corrected chi connectivity index (χ1v) is 10.00. The molecule has 0 unspecified atom stereocenters. The maximum Gasteiger partial charge on any atom is 0.416 e. The molecule has 2 amide bonds. The molecule has 0 spiro atoms. The lowest BCUT2D eigenvalue weighted by molar-refractivity contribution is -0.137. The van der Waals surface area contributed by atoms with Crippen molar-refractivity contribution in [3.05, 3.63) is 82.6 Å². The van der Waals surface area contributed by atoms with E-state index in [1.165, 1.54) is 0 Å². The summed E-state index contributed by atoms with van der Waals surface area (Å²) >= 11 is 6.22. The fourth-order valence-corrected chi connectivity index (χ4v) is 3.60. The molecule has 2 aromatic carbocycles. The third-order valence-electron chi connectivity index (χ3n) is 4.84. The minimum absolute atomic E-state index is 0.315. The second-order valence-electron chi connectivity index (χ2n) is 7.22. The van der Waals surface area contributed by atoms with Crippen LogP contribution in [0.15, 0.2) is 54.7 Å². The van der Waals surface area contributed by atoms with Crippen LogP contribution in [0.5, 0.6) is 0 Å². The van der Waals surface area contributed by atoms with Crippen molar-refractivity contribution < 1.29 is 22.4 Å². The molecule has 2 N–H and O–H groups in total. The number of carbonyl (C=O) groups is 1. The van der Waals surface area contributed by atoms with Crippen LogP contribution < -0.4 is 10.6 Å². The van der Waals surface area contributed by atoms with Gasteiger partial charge in [-0.1, -0.05) is 23.7 Å². The number of carbonyl (C=O) groups excluding carboxylic acids is 1. The number of nitrogens with one attached hydrogen (secondary N) is 2. The van der Waals surface area contributed by atoms with Crippen LogP contribution in [0, 0.1) is 12.7 Å². The van der Waals surface area contributed by atoms with E-state index >= 15 is 0 Å². The van der Waals surface area contributed by atoms with Crippen LogP contribution in [0.3, 0.4) is 0 Å². The molecule has 0 aliphatic carbocycles. The van der Waals surface area contributed by atoms with Crippen LogP contribution in [0.4, 0.5) is 33.7 Å². The van der Waals surface area contributed by atoms with E-state index in [0.29, 0.717) is 35.0 Å². The molecule has 0 saturated carbocycles. The molecule has 2 heterocycles. The van der Waals surface area contributed by atoms with Crippen molar-refractivity contribution in [2.24, 2.45) is 0 Å². The predicted octanol–water partition coefficient (Wildman–Crippen LogP) is 6.24. The Balaban J connectivity index is 1.45. The monoisotopic (exact) mass is 477 g/mol.